The minimum atomic E-state index is -1.83. The van der Waals surface area contributed by atoms with Gasteiger partial charge < -0.3 is 24.3 Å². The number of hydrogen-bond acceptors (Lipinski definition) is 8. The summed E-state index contributed by atoms with van der Waals surface area (Å²) in [5.41, 5.74) is 2.45. The molecule has 3 N–H and O–H groups in total. The Balaban J connectivity index is 1.54. The molecular weight excluding hydrogens is 434 g/mol. The molecule has 9 nitrogen and oxygen atoms in total. The van der Waals surface area contributed by atoms with Gasteiger partial charge in [0.05, 0.1) is 34.7 Å². The Morgan fingerprint density at radius 2 is 2.00 bits per heavy atom. The maximum Gasteiger partial charge on any atom is 0.343 e. The molecule has 2 aliphatic heterocycles. The molecule has 2 aromatic heterocycles. The largest absolute Gasteiger partial charge is 0.458 e. The van der Waals surface area contributed by atoms with Crippen LogP contribution in [0.1, 0.15) is 36.5 Å². The molecule has 0 unspecified atom stereocenters. The molecule has 1 atom stereocenters. The number of anilines is 1. The molecule has 4 heterocycles. The first-order valence-electron chi connectivity index (χ1n) is 11.5. The van der Waals surface area contributed by atoms with Gasteiger partial charge in [-0.15, -0.1) is 0 Å². The number of hydrazine groups is 1. The summed E-state index contributed by atoms with van der Waals surface area (Å²) in [4.78, 5) is 32.6. The van der Waals surface area contributed by atoms with Crippen molar-refractivity contribution in [1.82, 2.24) is 14.5 Å². The highest BCUT2D eigenvalue weighted by Crippen LogP contribution is 2.38. The molecule has 0 amide bonds. The average molecular weight is 464 g/mol. The van der Waals surface area contributed by atoms with Crippen molar-refractivity contribution >= 4 is 22.6 Å². The third-order valence-corrected chi connectivity index (χ3v) is 6.83. The number of fused-ring (bicyclic) bond motifs is 5. The Hall–Kier alpha value is -3.27. The van der Waals surface area contributed by atoms with Crippen LogP contribution in [0, 0.1) is 0 Å². The Labute approximate surface area is 197 Å². The van der Waals surface area contributed by atoms with Crippen LogP contribution in [0.5, 0.6) is 0 Å². The number of hydrogen-bond donors (Lipinski definition) is 2. The lowest BCUT2D eigenvalue weighted by atomic mass is 9.86. The predicted octanol–water partition coefficient (Wildman–Crippen LogP) is 1.71. The van der Waals surface area contributed by atoms with Gasteiger partial charge in [0.25, 0.3) is 5.56 Å². The zero-order chi connectivity index (χ0) is 24.2. The first-order chi connectivity index (χ1) is 16.2. The number of ether oxygens (including phenoxy) is 1. The summed E-state index contributed by atoms with van der Waals surface area (Å²) >= 11 is 0. The number of aliphatic hydroxyl groups is 1. The van der Waals surface area contributed by atoms with Crippen LogP contribution in [-0.2, 0) is 28.3 Å². The number of carbonyl (C=O) groups is 1. The highest BCUT2D eigenvalue weighted by Gasteiger charge is 2.45. The summed E-state index contributed by atoms with van der Waals surface area (Å²) in [5.74, 6) is 5.56. The molecule has 1 aromatic carbocycles. The summed E-state index contributed by atoms with van der Waals surface area (Å²) in [5, 5.41) is 13.7. The van der Waals surface area contributed by atoms with E-state index in [1.807, 2.05) is 38.4 Å². The van der Waals surface area contributed by atoms with Gasteiger partial charge in [0.2, 0.25) is 0 Å². The second-order valence-corrected chi connectivity index (χ2v) is 9.33. The van der Waals surface area contributed by atoms with Gasteiger partial charge in [0, 0.05) is 23.1 Å². The normalized spacial score (nSPS) is 18.6. The van der Waals surface area contributed by atoms with Crippen molar-refractivity contribution in [3.63, 3.8) is 0 Å². The van der Waals surface area contributed by atoms with Crippen LogP contribution in [0.4, 0.5) is 5.69 Å². The molecule has 34 heavy (non-hydrogen) atoms. The number of carbonyl (C=O) groups excluding carboxylic acids is 1. The molecule has 0 saturated heterocycles. The van der Waals surface area contributed by atoms with E-state index in [1.165, 1.54) is 0 Å². The topological polar surface area (TPSA) is 114 Å². The van der Waals surface area contributed by atoms with Gasteiger partial charge >= 0.3 is 5.97 Å². The molecule has 9 heteroatoms. The number of esters is 1. The second kappa shape index (κ2) is 8.19. The van der Waals surface area contributed by atoms with Gasteiger partial charge in [-0.25, -0.2) is 15.6 Å². The van der Waals surface area contributed by atoms with Gasteiger partial charge in [-0.3, -0.25) is 4.79 Å². The van der Waals surface area contributed by atoms with Crippen molar-refractivity contribution in [3.8, 4) is 11.4 Å². The molecule has 0 saturated carbocycles. The van der Waals surface area contributed by atoms with Gasteiger partial charge in [-0.2, -0.15) is 0 Å². The van der Waals surface area contributed by atoms with E-state index in [0.29, 0.717) is 29.1 Å². The fourth-order valence-corrected chi connectivity index (χ4v) is 4.84. The van der Waals surface area contributed by atoms with Gasteiger partial charge in [0.1, 0.15) is 6.61 Å². The Kier molecular flexibility index (Phi) is 5.43. The zero-order valence-electron chi connectivity index (χ0n) is 19.7. The fraction of sp³-hybridized carbons (Fsp3) is 0.400. The van der Waals surface area contributed by atoms with Crippen molar-refractivity contribution in [3.05, 3.63) is 57.4 Å². The average Bonchev–Trinajstić information content (AvgIpc) is 3.17. The number of nitrogens with two attached hydrogens (primary N) is 1. The highest BCUT2D eigenvalue weighted by molar-refractivity contribution is 5.88. The lowest BCUT2D eigenvalue weighted by Gasteiger charge is -2.31. The van der Waals surface area contributed by atoms with E-state index >= 15 is 0 Å². The number of pyridine rings is 2. The van der Waals surface area contributed by atoms with E-state index in [1.54, 1.807) is 22.6 Å². The molecule has 0 fully saturated rings. The molecule has 178 valence electrons. The minimum absolute atomic E-state index is 0.118. The molecule has 0 aliphatic carbocycles. The molecule has 3 aromatic rings. The number of benzene rings is 1. The van der Waals surface area contributed by atoms with Gasteiger partial charge in [-0.1, -0.05) is 6.92 Å². The smallest absolute Gasteiger partial charge is 0.343 e. The van der Waals surface area contributed by atoms with Gasteiger partial charge in [0.15, 0.2) is 5.60 Å². The van der Waals surface area contributed by atoms with Crippen LogP contribution in [0.2, 0.25) is 0 Å². The maximum atomic E-state index is 13.3. The van der Waals surface area contributed by atoms with Crippen LogP contribution >= 0.6 is 0 Å². The zero-order valence-corrected chi connectivity index (χ0v) is 19.7. The van der Waals surface area contributed by atoms with Crippen molar-refractivity contribution in [2.75, 3.05) is 32.2 Å². The lowest BCUT2D eigenvalue weighted by molar-refractivity contribution is -0.172. The van der Waals surface area contributed by atoms with Crippen molar-refractivity contribution in [2.24, 2.45) is 5.84 Å². The summed E-state index contributed by atoms with van der Waals surface area (Å²) in [6, 6.07) is 9.64. The number of rotatable bonds is 6. The van der Waals surface area contributed by atoms with Crippen LogP contribution in [0.25, 0.3) is 22.3 Å². The molecule has 0 spiro atoms. The SMILES string of the molecule is CC[C@@]1(O)C(=O)OCc2c1cc1n(c2=O)Cc2cc3cc(N(N)CCCN(C)C)ccc3nc2-1. The van der Waals surface area contributed by atoms with E-state index in [9.17, 15) is 14.7 Å². The summed E-state index contributed by atoms with van der Waals surface area (Å²) in [6.45, 7) is 3.62. The van der Waals surface area contributed by atoms with E-state index in [2.05, 4.69) is 4.90 Å². The van der Waals surface area contributed by atoms with E-state index in [4.69, 9.17) is 15.6 Å². The quantitative estimate of drug-likeness (QED) is 0.252. The third-order valence-electron chi connectivity index (χ3n) is 6.83. The predicted molar refractivity (Wildman–Crippen MR) is 129 cm³/mol. The Bertz CT molecular complexity index is 1370. The number of aromatic nitrogens is 2. The summed E-state index contributed by atoms with van der Waals surface area (Å²) < 4.78 is 6.77. The monoisotopic (exact) mass is 463 g/mol. The van der Waals surface area contributed by atoms with Crippen molar-refractivity contribution in [2.45, 2.75) is 38.5 Å². The lowest BCUT2D eigenvalue weighted by Crippen LogP contribution is -2.44. The minimum Gasteiger partial charge on any atom is -0.458 e. The summed E-state index contributed by atoms with van der Waals surface area (Å²) in [7, 11) is 4.08. The number of nitrogens with zero attached hydrogens (tertiary/aromatic N) is 4. The van der Waals surface area contributed by atoms with Crippen LogP contribution in [0.3, 0.4) is 0 Å². The number of cyclic esters (lactones) is 1. The second-order valence-electron chi connectivity index (χ2n) is 9.33. The molecular formula is C25H29N5O4. The van der Waals surface area contributed by atoms with E-state index in [-0.39, 0.29) is 18.6 Å². The van der Waals surface area contributed by atoms with Crippen molar-refractivity contribution < 1.29 is 14.6 Å². The van der Waals surface area contributed by atoms with E-state index < -0.39 is 11.6 Å². The standard InChI is InChI=1S/C25H29N5O4/c1-4-25(33)19-12-21-22-16(13-29(21)23(31)18(19)14-34-24(25)32)10-15-11-17(6-7-20(15)27-22)30(26)9-5-8-28(2)3/h6-7,10-12,33H,4-5,8-9,13-14,26H2,1-3H3/t25-/m0/s1. The maximum absolute atomic E-state index is 13.3. The van der Waals surface area contributed by atoms with E-state index in [0.717, 1.165) is 41.7 Å². The summed E-state index contributed by atoms with van der Waals surface area (Å²) in [6.07, 6.45) is 1.07. The fourth-order valence-electron chi connectivity index (χ4n) is 4.84. The Morgan fingerprint density at radius 3 is 2.74 bits per heavy atom. The molecule has 0 bridgehead atoms. The first kappa shape index (κ1) is 22.5. The Morgan fingerprint density at radius 1 is 1.21 bits per heavy atom. The molecule has 0 radical (unpaired) electrons. The van der Waals surface area contributed by atoms with Crippen LogP contribution in [-0.4, -0.2) is 52.7 Å². The third kappa shape index (κ3) is 3.48. The van der Waals surface area contributed by atoms with Crippen molar-refractivity contribution in [1.29, 1.82) is 0 Å². The van der Waals surface area contributed by atoms with Crippen LogP contribution < -0.4 is 16.4 Å². The highest BCUT2D eigenvalue weighted by atomic mass is 16.6. The molecule has 5 rings (SSSR count). The van der Waals surface area contributed by atoms with Gasteiger partial charge in [-0.05, 0) is 63.8 Å². The first-order valence-corrected chi connectivity index (χ1v) is 11.5. The van der Waals surface area contributed by atoms with Crippen LogP contribution in [0.15, 0.2) is 35.1 Å². The molecule has 2 aliphatic rings.